The molecule has 6 heteroatoms. The second-order valence-corrected chi connectivity index (χ2v) is 8.11. The van der Waals surface area contributed by atoms with E-state index in [1.807, 2.05) is 60.7 Å². The molecule has 0 unspecified atom stereocenters. The van der Waals surface area contributed by atoms with Crippen LogP contribution in [0.2, 0.25) is 0 Å². The standard InChI is InChI=1S/C28H24N4O2/c33-27-22-10-6-12-24(32-18-14-20-8-2-4-16-30-20)26(22)28(34)21-9-5-11-23(25(21)27)31-17-13-19-7-1-3-15-29-19/h1-12,15-16,31-32H,13-14,17-18H2. The molecule has 0 saturated heterocycles. The minimum Gasteiger partial charge on any atom is -0.384 e. The molecular formula is C28H24N4O2. The molecule has 0 fully saturated rings. The van der Waals surface area contributed by atoms with Crippen LogP contribution in [-0.2, 0) is 12.8 Å². The lowest BCUT2D eigenvalue weighted by Gasteiger charge is -2.23. The van der Waals surface area contributed by atoms with Crippen LogP contribution in [0.4, 0.5) is 11.4 Å². The van der Waals surface area contributed by atoms with Crippen LogP contribution in [-0.4, -0.2) is 34.6 Å². The van der Waals surface area contributed by atoms with Crippen molar-refractivity contribution in [2.75, 3.05) is 23.7 Å². The zero-order chi connectivity index (χ0) is 23.3. The molecule has 0 radical (unpaired) electrons. The molecule has 168 valence electrons. The number of ketones is 2. The Morgan fingerprint density at radius 2 is 1.03 bits per heavy atom. The minimum atomic E-state index is -0.140. The van der Waals surface area contributed by atoms with Gasteiger partial charge in [0.2, 0.25) is 0 Å². The van der Waals surface area contributed by atoms with E-state index < -0.39 is 0 Å². The van der Waals surface area contributed by atoms with Crippen molar-refractivity contribution >= 4 is 22.9 Å². The van der Waals surface area contributed by atoms with E-state index in [9.17, 15) is 9.59 Å². The van der Waals surface area contributed by atoms with E-state index in [2.05, 4.69) is 20.6 Å². The van der Waals surface area contributed by atoms with Gasteiger partial charge in [-0.15, -0.1) is 0 Å². The second-order valence-electron chi connectivity index (χ2n) is 8.11. The molecule has 5 rings (SSSR count). The van der Waals surface area contributed by atoms with Crippen molar-refractivity contribution in [2.45, 2.75) is 12.8 Å². The van der Waals surface area contributed by atoms with Crippen molar-refractivity contribution in [3.05, 3.63) is 119 Å². The molecular weight excluding hydrogens is 424 g/mol. The number of aromatic nitrogens is 2. The third-order valence-electron chi connectivity index (χ3n) is 5.92. The fourth-order valence-corrected chi connectivity index (χ4v) is 4.28. The summed E-state index contributed by atoms with van der Waals surface area (Å²) in [6.07, 6.45) is 4.96. The van der Waals surface area contributed by atoms with Crippen molar-refractivity contribution in [1.29, 1.82) is 0 Å². The van der Waals surface area contributed by atoms with Crippen LogP contribution in [0.3, 0.4) is 0 Å². The Kier molecular flexibility index (Phi) is 6.12. The van der Waals surface area contributed by atoms with Crippen molar-refractivity contribution in [3.8, 4) is 0 Å². The van der Waals surface area contributed by atoms with E-state index >= 15 is 0 Å². The Morgan fingerprint density at radius 3 is 1.44 bits per heavy atom. The van der Waals surface area contributed by atoms with E-state index in [0.29, 0.717) is 59.6 Å². The highest BCUT2D eigenvalue weighted by atomic mass is 16.1. The fourth-order valence-electron chi connectivity index (χ4n) is 4.28. The zero-order valence-corrected chi connectivity index (χ0v) is 18.6. The number of rotatable bonds is 8. The maximum atomic E-state index is 13.5. The smallest absolute Gasteiger partial charge is 0.196 e. The largest absolute Gasteiger partial charge is 0.384 e. The Balaban J connectivity index is 1.37. The lowest BCUT2D eigenvalue weighted by atomic mass is 9.82. The maximum absolute atomic E-state index is 13.5. The van der Waals surface area contributed by atoms with Gasteiger partial charge in [-0.2, -0.15) is 0 Å². The van der Waals surface area contributed by atoms with E-state index in [1.165, 1.54) is 0 Å². The Morgan fingerprint density at radius 1 is 0.559 bits per heavy atom. The van der Waals surface area contributed by atoms with Gasteiger partial charge in [-0.05, 0) is 36.4 Å². The summed E-state index contributed by atoms with van der Waals surface area (Å²) in [7, 11) is 0. The lowest BCUT2D eigenvalue weighted by molar-refractivity contribution is 0.0980. The molecule has 1 aliphatic carbocycles. The number of carbonyl (C=O) groups excluding carboxylic acids is 2. The van der Waals surface area contributed by atoms with Gasteiger partial charge in [-0.1, -0.05) is 36.4 Å². The van der Waals surface area contributed by atoms with Gasteiger partial charge in [0.15, 0.2) is 11.6 Å². The van der Waals surface area contributed by atoms with Crippen LogP contribution in [0, 0.1) is 0 Å². The first kappa shape index (κ1) is 21.5. The number of hydrogen-bond donors (Lipinski definition) is 2. The summed E-state index contributed by atoms with van der Waals surface area (Å²) in [5, 5.41) is 6.67. The normalized spacial score (nSPS) is 12.1. The molecule has 6 nitrogen and oxygen atoms in total. The summed E-state index contributed by atoms with van der Waals surface area (Å²) in [6.45, 7) is 1.22. The number of carbonyl (C=O) groups is 2. The van der Waals surface area contributed by atoms with Crippen LogP contribution >= 0.6 is 0 Å². The average Bonchev–Trinajstić information content (AvgIpc) is 2.88. The summed E-state index contributed by atoms with van der Waals surface area (Å²) < 4.78 is 0. The predicted molar refractivity (Wildman–Crippen MR) is 133 cm³/mol. The predicted octanol–water partition coefficient (Wildman–Crippen LogP) is 4.56. The Hall–Kier alpha value is -4.32. The van der Waals surface area contributed by atoms with E-state index in [1.54, 1.807) is 24.5 Å². The van der Waals surface area contributed by atoms with Crippen LogP contribution in [0.5, 0.6) is 0 Å². The topological polar surface area (TPSA) is 84.0 Å². The van der Waals surface area contributed by atoms with E-state index in [-0.39, 0.29) is 11.6 Å². The van der Waals surface area contributed by atoms with Crippen molar-refractivity contribution < 1.29 is 9.59 Å². The highest BCUT2D eigenvalue weighted by Crippen LogP contribution is 2.35. The van der Waals surface area contributed by atoms with Crippen LogP contribution in [0.15, 0.2) is 85.2 Å². The van der Waals surface area contributed by atoms with Gasteiger partial charge in [-0.25, -0.2) is 0 Å². The minimum absolute atomic E-state index is 0.140. The third-order valence-corrected chi connectivity index (χ3v) is 5.92. The van der Waals surface area contributed by atoms with Gasteiger partial charge in [0.1, 0.15) is 0 Å². The summed E-state index contributed by atoms with van der Waals surface area (Å²) in [6, 6.07) is 22.4. The second kappa shape index (κ2) is 9.67. The van der Waals surface area contributed by atoms with E-state index in [4.69, 9.17) is 0 Å². The van der Waals surface area contributed by atoms with Crippen LogP contribution < -0.4 is 10.6 Å². The summed E-state index contributed by atoms with van der Waals surface area (Å²) in [5.41, 5.74) is 5.01. The highest BCUT2D eigenvalue weighted by molar-refractivity contribution is 6.31. The van der Waals surface area contributed by atoms with Gasteiger partial charge >= 0.3 is 0 Å². The molecule has 4 aromatic rings. The van der Waals surface area contributed by atoms with Gasteiger partial charge in [0.05, 0.1) is 11.1 Å². The van der Waals surface area contributed by atoms with E-state index in [0.717, 1.165) is 11.4 Å². The molecule has 2 N–H and O–H groups in total. The summed E-state index contributed by atoms with van der Waals surface area (Å²) in [4.78, 5) is 35.7. The molecule has 0 spiro atoms. The zero-order valence-electron chi connectivity index (χ0n) is 18.6. The first-order valence-electron chi connectivity index (χ1n) is 11.4. The van der Waals surface area contributed by atoms with Gasteiger partial charge < -0.3 is 10.6 Å². The molecule has 0 aliphatic heterocycles. The summed E-state index contributed by atoms with van der Waals surface area (Å²) >= 11 is 0. The quantitative estimate of drug-likeness (QED) is 0.362. The molecule has 0 atom stereocenters. The molecule has 2 aromatic heterocycles. The number of pyridine rings is 2. The number of nitrogens with one attached hydrogen (secondary N) is 2. The molecule has 2 heterocycles. The monoisotopic (exact) mass is 448 g/mol. The molecule has 0 amide bonds. The maximum Gasteiger partial charge on any atom is 0.196 e. The summed E-state index contributed by atoms with van der Waals surface area (Å²) in [5.74, 6) is -0.280. The highest BCUT2D eigenvalue weighted by Gasteiger charge is 2.33. The lowest BCUT2D eigenvalue weighted by Crippen LogP contribution is -2.24. The Bertz CT molecular complexity index is 1230. The first-order chi connectivity index (χ1) is 16.7. The third kappa shape index (κ3) is 4.30. The van der Waals surface area contributed by atoms with Gasteiger partial charge in [0, 0.05) is 72.2 Å². The van der Waals surface area contributed by atoms with Crippen LogP contribution in [0.1, 0.15) is 43.2 Å². The molecule has 2 aromatic carbocycles. The molecule has 0 saturated carbocycles. The molecule has 34 heavy (non-hydrogen) atoms. The first-order valence-corrected chi connectivity index (χ1v) is 11.4. The number of benzene rings is 2. The molecule has 1 aliphatic rings. The number of hydrogen-bond acceptors (Lipinski definition) is 6. The Labute approximate surface area is 198 Å². The molecule has 0 bridgehead atoms. The van der Waals surface area contributed by atoms with Gasteiger partial charge in [0.25, 0.3) is 0 Å². The number of nitrogens with zero attached hydrogens (tertiary/aromatic N) is 2. The number of fused-ring (bicyclic) bond motifs is 2. The SMILES string of the molecule is O=C1c2cccc(NCCc3ccccn3)c2C(=O)c2cccc(NCCc3ccccn3)c21. The van der Waals surface area contributed by atoms with Crippen molar-refractivity contribution in [2.24, 2.45) is 0 Å². The van der Waals surface area contributed by atoms with Crippen molar-refractivity contribution in [1.82, 2.24) is 9.97 Å². The van der Waals surface area contributed by atoms with Crippen LogP contribution in [0.25, 0.3) is 0 Å². The van der Waals surface area contributed by atoms with Gasteiger partial charge in [-0.3, -0.25) is 19.6 Å². The van der Waals surface area contributed by atoms with Crippen molar-refractivity contribution in [3.63, 3.8) is 0 Å². The fraction of sp³-hybridized carbons (Fsp3) is 0.143. The average molecular weight is 449 g/mol. The number of anilines is 2.